The molecule has 0 aliphatic heterocycles. The number of nitrogens with zero attached hydrogens (tertiary/aromatic N) is 1. The highest BCUT2D eigenvalue weighted by Gasteiger charge is 2.03. The molecule has 2 nitrogen and oxygen atoms in total. The summed E-state index contributed by atoms with van der Waals surface area (Å²) in [6, 6.07) is 1.57. The zero-order valence-corrected chi connectivity index (χ0v) is 8.27. The summed E-state index contributed by atoms with van der Waals surface area (Å²) in [7, 11) is 0. The van der Waals surface area contributed by atoms with Gasteiger partial charge < -0.3 is 4.74 Å². The Balaban J connectivity index is 2.75. The number of hydrogen-bond acceptors (Lipinski definition) is 2. The molecule has 0 saturated heterocycles. The third-order valence-electron chi connectivity index (χ3n) is 1.24. The van der Waals surface area contributed by atoms with Crippen molar-refractivity contribution in [3.63, 3.8) is 0 Å². The summed E-state index contributed by atoms with van der Waals surface area (Å²) in [6.07, 6.45) is 2.25. The van der Waals surface area contributed by atoms with Crippen LogP contribution < -0.4 is 4.74 Å². The predicted molar refractivity (Wildman–Crippen MR) is 47.7 cm³/mol. The molecule has 0 saturated carbocycles. The van der Waals surface area contributed by atoms with Crippen molar-refractivity contribution in [2.75, 3.05) is 6.61 Å². The lowest BCUT2D eigenvalue weighted by Crippen LogP contribution is -1.98. The maximum atomic E-state index is 12.8. The van der Waals surface area contributed by atoms with Crippen molar-refractivity contribution < 1.29 is 9.13 Å². The Bertz CT molecular complexity index is 267. The van der Waals surface area contributed by atoms with E-state index in [-0.39, 0.29) is 5.75 Å². The summed E-state index contributed by atoms with van der Waals surface area (Å²) in [4.78, 5) is 3.49. The van der Waals surface area contributed by atoms with Crippen LogP contribution in [0.1, 0.15) is 13.3 Å². The summed E-state index contributed by atoms with van der Waals surface area (Å²) < 4.78 is 18.7. The second-order valence-electron chi connectivity index (χ2n) is 2.29. The highest BCUT2D eigenvalue weighted by atomic mass is 79.9. The summed E-state index contributed by atoms with van der Waals surface area (Å²) >= 11 is 3.18. The lowest BCUT2D eigenvalue weighted by atomic mass is 10.4. The van der Waals surface area contributed by atoms with Crippen molar-refractivity contribution in [2.24, 2.45) is 0 Å². The Hall–Kier alpha value is -0.640. The Labute approximate surface area is 78.9 Å². The van der Waals surface area contributed by atoms with Crippen molar-refractivity contribution in [1.29, 1.82) is 0 Å². The molecule has 0 spiro atoms. The fourth-order valence-corrected chi connectivity index (χ4v) is 1.03. The average molecular weight is 234 g/mol. The molecule has 1 rings (SSSR count). The molecule has 66 valence electrons. The van der Waals surface area contributed by atoms with Crippen molar-refractivity contribution in [1.82, 2.24) is 4.98 Å². The first kappa shape index (κ1) is 9.45. The summed E-state index contributed by atoms with van der Waals surface area (Å²) in [5, 5.41) is 0. The number of rotatable bonds is 3. The van der Waals surface area contributed by atoms with Crippen LogP contribution in [0, 0.1) is 5.95 Å². The van der Waals surface area contributed by atoms with E-state index in [1.54, 1.807) is 6.07 Å². The first-order chi connectivity index (χ1) is 5.74. The van der Waals surface area contributed by atoms with Crippen LogP contribution in [0.5, 0.6) is 5.75 Å². The normalized spacial score (nSPS) is 9.92. The molecular weight excluding hydrogens is 225 g/mol. The van der Waals surface area contributed by atoms with E-state index >= 15 is 0 Å². The van der Waals surface area contributed by atoms with E-state index in [1.807, 2.05) is 6.92 Å². The fourth-order valence-electron chi connectivity index (χ4n) is 0.717. The quantitative estimate of drug-likeness (QED) is 0.750. The van der Waals surface area contributed by atoms with Gasteiger partial charge in [0.1, 0.15) is 0 Å². The van der Waals surface area contributed by atoms with Gasteiger partial charge in [0.05, 0.1) is 6.61 Å². The van der Waals surface area contributed by atoms with Crippen molar-refractivity contribution in [3.8, 4) is 5.75 Å². The minimum Gasteiger partial charge on any atom is -0.489 e. The molecule has 0 atom stereocenters. The SMILES string of the molecule is CCCOc1cc(Br)cnc1F. The van der Waals surface area contributed by atoms with E-state index < -0.39 is 5.95 Å². The molecule has 0 aliphatic carbocycles. The molecule has 1 aromatic heterocycles. The van der Waals surface area contributed by atoms with E-state index in [2.05, 4.69) is 20.9 Å². The monoisotopic (exact) mass is 233 g/mol. The molecule has 0 radical (unpaired) electrons. The predicted octanol–water partition coefficient (Wildman–Crippen LogP) is 2.77. The third-order valence-corrected chi connectivity index (χ3v) is 1.67. The van der Waals surface area contributed by atoms with Crippen LogP contribution in [0.3, 0.4) is 0 Å². The Morgan fingerprint density at radius 2 is 2.42 bits per heavy atom. The lowest BCUT2D eigenvalue weighted by Gasteiger charge is -2.04. The number of ether oxygens (including phenoxy) is 1. The van der Waals surface area contributed by atoms with Gasteiger partial charge in [-0.1, -0.05) is 6.92 Å². The van der Waals surface area contributed by atoms with Gasteiger partial charge in [-0.05, 0) is 22.4 Å². The van der Waals surface area contributed by atoms with E-state index in [4.69, 9.17) is 4.74 Å². The van der Waals surface area contributed by atoms with Gasteiger partial charge in [-0.3, -0.25) is 0 Å². The Morgan fingerprint density at radius 3 is 3.08 bits per heavy atom. The second-order valence-corrected chi connectivity index (χ2v) is 3.21. The Morgan fingerprint density at radius 1 is 1.67 bits per heavy atom. The van der Waals surface area contributed by atoms with E-state index in [1.165, 1.54) is 6.20 Å². The maximum Gasteiger partial charge on any atom is 0.255 e. The van der Waals surface area contributed by atoms with Gasteiger partial charge in [-0.15, -0.1) is 0 Å². The number of pyridine rings is 1. The molecule has 4 heteroatoms. The highest BCUT2D eigenvalue weighted by molar-refractivity contribution is 9.10. The molecular formula is C8H9BrFNO. The molecule has 0 fully saturated rings. The van der Waals surface area contributed by atoms with Crippen molar-refractivity contribution in [3.05, 3.63) is 22.7 Å². The van der Waals surface area contributed by atoms with Gasteiger partial charge in [0, 0.05) is 16.7 Å². The lowest BCUT2D eigenvalue weighted by molar-refractivity contribution is 0.296. The molecule has 0 amide bonds. The summed E-state index contributed by atoms with van der Waals surface area (Å²) in [5.74, 6) is -0.363. The topological polar surface area (TPSA) is 22.1 Å². The molecule has 12 heavy (non-hydrogen) atoms. The van der Waals surface area contributed by atoms with Crippen LogP contribution in [0.4, 0.5) is 4.39 Å². The molecule has 0 bridgehead atoms. The Kier molecular flexibility index (Phi) is 3.47. The van der Waals surface area contributed by atoms with E-state index in [0.717, 1.165) is 10.9 Å². The van der Waals surface area contributed by atoms with E-state index in [0.29, 0.717) is 6.61 Å². The minimum atomic E-state index is -0.563. The molecule has 0 unspecified atom stereocenters. The largest absolute Gasteiger partial charge is 0.489 e. The van der Waals surface area contributed by atoms with Crippen LogP contribution >= 0.6 is 15.9 Å². The van der Waals surface area contributed by atoms with Crippen LogP contribution in [-0.4, -0.2) is 11.6 Å². The first-order valence-corrected chi connectivity index (χ1v) is 4.47. The van der Waals surface area contributed by atoms with Gasteiger partial charge in [-0.25, -0.2) is 4.98 Å². The fraction of sp³-hybridized carbons (Fsp3) is 0.375. The number of hydrogen-bond donors (Lipinski definition) is 0. The van der Waals surface area contributed by atoms with Crippen molar-refractivity contribution in [2.45, 2.75) is 13.3 Å². The summed E-state index contributed by atoms with van der Waals surface area (Å²) in [6.45, 7) is 2.47. The molecule has 0 N–H and O–H groups in total. The van der Waals surface area contributed by atoms with Crippen LogP contribution in [0.2, 0.25) is 0 Å². The van der Waals surface area contributed by atoms with Crippen LogP contribution in [-0.2, 0) is 0 Å². The standard InChI is InChI=1S/C8H9BrFNO/c1-2-3-12-7-4-6(9)5-11-8(7)10/h4-5H,2-3H2,1H3. The molecule has 1 aromatic rings. The smallest absolute Gasteiger partial charge is 0.255 e. The van der Waals surface area contributed by atoms with Gasteiger partial charge >= 0.3 is 0 Å². The number of halogens is 2. The van der Waals surface area contributed by atoms with Gasteiger partial charge in [-0.2, -0.15) is 4.39 Å². The molecule has 1 heterocycles. The first-order valence-electron chi connectivity index (χ1n) is 3.68. The van der Waals surface area contributed by atoms with Crippen molar-refractivity contribution >= 4 is 15.9 Å². The van der Waals surface area contributed by atoms with Gasteiger partial charge in [0.2, 0.25) is 0 Å². The maximum absolute atomic E-state index is 12.8. The van der Waals surface area contributed by atoms with E-state index in [9.17, 15) is 4.39 Å². The van der Waals surface area contributed by atoms with Crippen LogP contribution in [0.25, 0.3) is 0 Å². The van der Waals surface area contributed by atoms with Crippen LogP contribution in [0.15, 0.2) is 16.7 Å². The number of aromatic nitrogens is 1. The zero-order chi connectivity index (χ0) is 8.97. The highest BCUT2D eigenvalue weighted by Crippen LogP contribution is 2.19. The molecule has 0 aliphatic rings. The zero-order valence-electron chi connectivity index (χ0n) is 6.68. The van der Waals surface area contributed by atoms with Gasteiger partial charge in [0.25, 0.3) is 5.95 Å². The second kappa shape index (κ2) is 4.40. The third kappa shape index (κ3) is 2.44. The average Bonchev–Trinajstić information content (AvgIpc) is 2.07. The molecule has 0 aromatic carbocycles. The minimum absolute atomic E-state index is 0.200. The van der Waals surface area contributed by atoms with Gasteiger partial charge in [0.15, 0.2) is 5.75 Å². The summed E-state index contributed by atoms with van der Waals surface area (Å²) in [5.41, 5.74) is 0.